The number of amides is 1. The van der Waals surface area contributed by atoms with Crippen LogP contribution in [0.5, 0.6) is 0 Å². The molecular weight excluding hydrogens is 447 g/mol. The number of aromatic nitrogens is 3. The summed E-state index contributed by atoms with van der Waals surface area (Å²) in [5, 5.41) is 9.43. The van der Waals surface area contributed by atoms with Gasteiger partial charge in [-0.3, -0.25) is 4.79 Å². The highest BCUT2D eigenvalue weighted by Gasteiger charge is 2.31. The minimum Gasteiger partial charge on any atom is -0.334 e. The Hall–Kier alpha value is -3.15. The fourth-order valence-corrected chi connectivity index (χ4v) is 4.37. The van der Waals surface area contributed by atoms with Gasteiger partial charge in [-0.15, -0.1) is 5.10 Å². The van der Waals surface area contributed by atoms with Gasteiger partial charge in [0, 0.05) is 25.6 Å². The van der Waals surface area contributed by atoms with E-state index in [4.69, 9.17) is 5.14 Å². The second-order valence-electron chi connectivity index (χ2n) is 8.24. The van der Waals surface area contributed by atoms with Crippen molar-refractivity contribution in [2.45, 2.75) is 23.8 Å². The van der Waals surface area contributed by atoms with Crippen molar-refractivity contribution in [3.05, 3.63) is 71.6 Å². The number of likely N-dealkylation sites (tertiary alicyclic amines) is 1. The molecule has 1 amide bonds. The van der Waals surface area contributed by atoms with Gasteiger partial charge in [0.25, 0.3) is 5.91 Å². The highest BCUT2D eigenvalue weighted by atomic mass is 32.2. The van der Waals surface area contributed by atoms with Crippen molar-refractivity contribution in [1.29, 1.82) is 0 Å². The molecule has 1 saturated heterocycles. The maximum Gasteiger partial charge on any atom is 0.293 e. The van der Waals surface area contributed by atoms with E-state index in [0.717, 1.165) is 18.1 Å². The molecule has 9 nitrogen and oxygen atoms in total. The number of hydrogen-bond acceptors (Lipinski definition) is 6. The third kappa shape index (κ3) is 4.95. The first-order valence-electron chi connectivity index (χ1n) is 10.4. The minimum atomic E-state index is -4.06. The van der Waals surface area contributed by atoms with Gasteiger partial charge in [0.15, 0.2) is 0 Å². The normalized spacial score (nSPS) is 16.5. The topological polar surface area (TPSA) is 114 Å². The summed E-state index contributed by atoms with van der Waals surface area (Å²) in [7, 11) is -0.125. The predicted octanol–water partition coefficient (Wildman–Crippen LogP) is 1.42. The highest BCUT2D eigenvalue weighted by molar-refractivity contribution is 7.89. The maximum absolute atomic E-state index is 14.9. The lowest BCUT2D eigenvalue weighted by Crippen LogP contribution is -2.35. The minimum absolute atomic E-state index is 0.0209. The first-order valence-corrected chi connectivity index (χ1v) is 12.0. The van der Waals surface area contributed by atoms with Gasteiger partial charge in [0.05, 0.1) is 4.90 Å². The molecule has 0 aliphatic carbocycles. The quantitative estimate of drug-likeness (QED) is 0.580. The Labute approximate surface area is 191 Å². The molecule has 1 aliphatic rings. The lowest BCUT2D eigenvalue weighted by molar-refractivity contribution is 0.0771. The van der Waals surface area contributed by atoms with Crippen LogP contribution < -0.4 is 5.14 Å². The monoisotopic (exact) mass is 472 g/mol. The molecule has 4 rings (SSSR count). The molecule has 0 saturated carbocycles. The average molecular weight is 473 g/mol. The third-order valence-corrected chi connectivity index (χ3v) is 6.64. The summed E-state index contributed by atoms with van der Waals surface area (Å²) < 4.78 is 39.3. The van der Waals surface area contributed by atoms with E-state index in [1.807, 2.05) is 44.4 Å². The van der Waals surface area contributed by atoms with E-state index in [0.29, 0.717) is 25.3 Å². The van der Waals surface area contributed by atoms with E-state index in [9.17, 15) is 17.6 Å². The van der Waals surface area contributed by atoms with E-state index in [1.165, 1.54) is 16.8 Å². The molecule has 0 radical (unpaired) electrons. The lowest BCUT2D eigenvalue weighted by atomic mass is 10.1. The molecular formula is C22H25FN6O3S. The molecule has 2 N–H and O–H groups in total. The molecule has 11 heteroatoms. The van der Waals surface area contributed by atoms with Gasteiger partial charge in [-0.2, -0.15) is 0 Å². The van der Waals surface area contributed by atoms with Gasteiger partial charge in [-0.1, -0.05) is 30.3 Å². The Morgan fingerprint density at radius 1 is 1.21 bits per heavy atom. The highest BCUT2D eigenvalue weighted by Crippen LogP contribution is 2.21. The van der Waals surface area contributed by atoms with Gasteiger partial charge in [-0.25, -0.2) is 27.6 Å². The van der Waals surface area contributed by atoms with E-state index >= 15 is 0 Å². The molecule has 1 aliphatic heterocycles. The fourth-order valence-electron chi connectivity index (χ4n) is 3.85. The fraction of sp³-hybridized carbons (Fsp3) is 0.318. The van der Waals surface area contributed by atoms with Crippen LogP contribution in [0.15, 0.2) is 53.4 Å². The van der Waals surface area contributed by atoms with Crippen LogP contribution in [0.1, 0.15) is 28.4 Å². The smallest absolute Gasteiger partial charge is 0.293 e. The van der Waals surface area contributed by atoms with E-state index in [-0.39, 0.29) is 28.4 Å². The molecule has 174 valence electrons. The van der Waals surface area contributed by atoms with Gasteiger partial charge in [0.1, 0.15) is 17.3 Å². The zero-order chi connectivity index (χ0) is 23.8. The van der Waals surface area contributed by atoms with Crippen molar-refractivity contribution >= 4 is 15.9 Å². The summed E-state index contributed by atoms with van der Waals surface area (Å²) in [5.74, 6) is -0.840. The van der Waals surface area contributed by atoms with Gasteiger partial charge in [-0.05, 0) is 44.3 Å². The number of rotatable bonds is 6. The molecule has 0 spiro atoms. The number of nitrogens with two attached hydrogens (primary N) is 1. The second-order valence-corrected chi connectivity index (χ2v) is 9.80. The predicted molar refractivity (Wildman–Crippen MR) is 120 cm³/mol. The summed E-state index contributed by atoms with van der Waals surface area (Å²) in [6, 6.07) is 13.0. The number of primary sulfonamides is 1. The van der Waals surface area contributed by atoms with E-state index < -0.39 is 15.8 Å². The van der Waals surface area contributed by atoms with Gasteiger partial charge >= 0.3 is 0 Å². The zero-order valence-electron chi connectivity index (χ0n) is 18.3. The Morgan fingerprint density at radius 2 is 1.94 bits per heavy atom. The maximum atomic E-state index is 14.9. The molecule has 33 heavy (non-hydrogen) atoms. The first kappa shape index (κ1) is 23.0. The number of likely N-dealkylation sites (N-methyl/N-ethyl adjacent to an activating group) is 1. The van der Waals surface area contributed by atoms with Crippen LogP contribution in [0, 0.1) is 5.82 Å². The summed E-state index contributed by atoms with van der Waals surface area (Å²) in [4.78, 5) is 21.0. The third-order valence-electron chi connectivity index (χ3n) is 5.73. The van der Waals surface area contributed by atoms with Crippen LogP contribution in [0.4, 0.5) is 4.39 Å². The molecule has 1 atom stereocenters. The largest absolute Gasteiger partial charge is 0.334 e. The standard InChI is InChI=1S/C22H25FN6O3S/c1-27(2)16-10-11-28(14-16)22(30)21-25-20(12-15-6-4-3-5-7-15)29(26-21)19-9-8-17(13-18(19)23)33(24,31)32/h3-9,13,16H,10-12,14H2,1-2H3,(H2,24,31,32)/t16-/m0/s1. The van der Waals surface area contributed by atoms with Gasteiger partial charge in [0.2, 0.25) is 15.8 Å². The van der Waals surface area contributed by atoms with Crippen molar-refractivity contribution in [3.8, 4) is 5.69 Å². The number of nitrogens with zero attached hydrogens (tertiary/aromatic N) is 5. The van der Waals surface area contributed by atoms with E-state index in [2.05, 4.69) is 15.0 Å². The summed E-state index contributed by atoms with van der Waals surface area (Å²) >= 11 is 0. The average Bonchev–Trinajstić information content (AvgIpc) is 3.41. The van der Waals surface area contributed by atoms with Crippen LogP contribution in [-0.4, -0.2) is 72.1 Å². The van der Waals surface area contributed by atoms with Crippen LogP contribution in [0.25, 0.3) is 5.69 Å². The molecule has 2 heterocycles. The molecule has 1 aromatic heterocycles. The Balaban J connectivity index is 1.73. The molecule has 0 bridgehead atoms. The Morgan fingerprint density at radius 3 is 2.55 bits per heavy atom. The van der Waals surface area contributed by atoms with Crippen LogP contribution >= 0.6 is 0 Å². The Kier molecular flexibility index (Phi) is 6.28. The molecule has 2 aromatic carbocycles. The number of hydrogen-bond donors (Lipinski definition) is 1. The lowest BCUT2D eigenvalue weighted by Gasteiger charge is -2.19. The zero-order valence-corrected chi connectivity index (χ0v) is 19.2. The van der Waals surface area contributed by atoms with Crippen molar-refractivity contribution in [1.82, 2.24) is 24.6 Å². The van der Waals surface area contributed by atoms with Crippen molar-refractivity contribution in [2.24, 2.45) is 5.14 Å². The summed E-state index contributed by atoms with van der Waals surface area (Å²) in [5.41, 5.74) is 0.882. The van der Waals surface area contributed by atoms with Crippen LogP contribution in [0.2, 0.25) is 0 Å². The Bertz CT molecular complexity index is 1280. The molecule has 3 aromatic rings. The van der Waals surface area contributed by atoms with Crippen molar-refractivity contribution in [2.75, 3.05) is 27.2 Å². The second kappa shape index (κ2) is 9.00. The molecule has 0 unspecified atom stereocenters. The van der Waals surface area contributed by atoms with Crippen molar-refractivity contribution < 1.29 is 17.6 Å². The number of benzene rings is 2. The van der Waals surface area contributed by atoms with Gasteiger partial charge < -0.3 is 9.80 Å². The number of carbonyl (C=O) groups is 1. The first-order chi connectivity index (χ1) is 15.6. The summed E-state index contributed by atoms with van der Waals surface area (Å²) in [6.45, 7) is 1.15. The number of halogens is 1. The number of carbonyl (C=O) groups excluding carboxylic acids is 1. The van der Waals surface area contributed by atoms with Crippen LogP contribution in [-0.2, 0) is 16.4 Å². The number of sulfonamides is 1. The SMILES string of the molecule is CN(C)[C@H]1CCN(C(=O)c2nc(Cc3ccccc3)n(-c3ccc(S(N)(=O)=O)cc3F)n2)C1. The van der Waals surface area contributed by atoms with E-state index in [1.54, 1.807) is 4.90 Å². The molecule has 1 fully saturated rings. The van der Waals surface area contributed by atoms with Crippen LogP contribution in [0.3, 0.4) is 0 Å². The van der Waals surface area contributed by atoms with Crippen molar-refractivity contribution in [3.63, 3.8) is 0 Å². The summed E-state index contributed by atoms with van der Waals surface area (Å²) in [6.07, 6.45) is 1.15.